The summed E-state index contributed by atoms with van der Waals surface area (Å²) in [6.07, 6.45) is 6.31. The Labute approximate surface area is 163 Å². The smallest absolute Gasteiger partial charge is 0.119 e. The SMILES string of the molecule is CCCCCCCOc1ccc(NCCNc2ccc(C)c(Cl)c2)cc1. The van der Waals surface area contributed by atoms with E-state index in [1.807, 2.05) is 31.2 Å². The first kappa shape index (κ1) is 20.4. The Morgan fingerprint density at radius 1 is 0.846 bits per heavy atom. The van der Waals surface area contributed by atoms with E-state index in [1.165, 1.54) is 25.7 Å². The standard InChI is InChI=1S/C22H31ClN2O/c1-3-4-5-6-7-16-26-21-12-10-19(11-13-21)24-14-15-25-20-9-8-18(2)22(23)17-20/h8-13,17,24-25H,3-7,14-16H2,1-2H3. The summed E-state index contributed by atoms with van der Waals surface area (Å²) in [5.41, 5.74) is 3.24. The van der Waals surface area contributed by atoms with Gasteiger partial charge in [-0.1, -0.05) is 50.3 Å². The molecule has 0 saturated heterocycles. The Balaban J connectivity index is 1.61. The van der Waals surface area contributed by atoms with Crippen LogP contribution in [0.3, 0.4) is 0 Å². The maximum atomic E-state index is 6.14. The van der Waals surface area contributed by atoms with Crippen molar-refractivity contribution >= 4 is 23.0 Å². The number of benzene rings is 2. The zero-order chi connectivity index (χ0) is 18.6. The van der Waals surface area contributed by atoms with Crippen molar-refractivity contribution in [3.8, 4) is 5.75 Å². The van der Waals surface area contributed by atoms with Crippen LogP contribution in [0.1, 0.15) is 44.6 Å². The van der Waals surface area contributed by atoms with Gasteiger partial charge in [0, 0.05) is 29.5 Å². The molecule has 2 aromatic rings. The van der Waals surface area contributed by atoms with Gasteiger partial charge in [0.25, 0.3) is 0 Å². The normalized spacial score (nSPS) is 10.6. The number of hydrogen-bond donors (Lipinski definition) is 2. The lowest BCUT2D eigenvalue weighted by atomic mass is 10.2. The van der Waals surface area contributed by atoms with Gasteiger partial charge >= 0.3 is 0 Å². The summed E-state index contributed by atoms with van der Waals surface area (Å²) in [6.45, 7) is 6.71. The van der Waals surface area contributed by atoms with Gasteiger partial charge in [-0.25, -0.2) is 0 Å². The van der Waals surface area contributed by atoms with Crippen LogP contribution in [0.5, 0.6) is 5.75 Å². The number of nitrogens with one attached hydrogen (secondary N) is 2. The summed E-state index contributed by atoms with van der Waals surface area (Å²) in [6, 6.07) is 14.2. The lowest BCUT2D eigenvalue weighted by Crippen LogP contribution is -2.13. The third-order valence-electron chi connectivity index (χ3n) is 4.33. The Morgan fingerprint density at radius 2 is 1.50 bits per heavy atom. The average molecular weight is 375 g/mol. The zero-order valence-electron chi connectivity index (χ0n) is 16.0. The molecule has 0 aromatic heterocycles. The lowest BCUT2D eigenvalue weighted by Gasteiger charge is -2.11. The van der Waals surface area contributed by atoms with Crippen LogP contribution >= 0.6 is 11.6 Å². The minimum Gasteiger partial charge on any atom is -0.494 e. The summed E-state index contributed by atoms with van der Waals surface area (Å²) in [4.78, 5) is 0. The lowest BCUT2D eigenvalue weighted by molar-refractivity contribution is 0.304. The van der Waals surface area contributed by atoms with E-state index in [-0.39, 0.29) is 0 Å². The Hall–Kier alpha value is -1.87. The van der Waals surface area contributed by atoms with Gasteiger partial charge in [0.05, 0.1) is 6.61 Å². The molecular weight excluding hydrogens is 344 g/mol. The first-order chi connectivity index (χ1) is 12.7. The van der Waals surface area contributed by atoms with Gasteiger partial charge in [0.2, 0.25) is 0 Å². The number of halogens is 1. The molecule has 0 heterocycles. The molecule has 0 fully saturated rings. The van der Waals surface area contributed by atoms with Crippen LogP contribution in [0.4, 0.5) is 11.4 Å². The van der Waals surface area contributed by atoms with Crippen molar-refractivity contribution < 1.29 is 4.74 Å². The summed E-state index contributed by atoms with van der Waals surface area (Å²) in [7, 11) is 0. The molecule has 0 aliphatic rings. The molecule has 2 N–H and O–H groups in total. The summed E-state index contributed by atoms with van der Waals surface area (Å²) in [5.74, 6) is 0.943. The van der Waals surface area contributed by atoms with Crippen molar-refractivity contribution in [2.75, 3.05) is 30.3 Å². The van der Waals surface area contributed by atoms with Crippen LogP contribution in [0.25, 0.3) is 0 Å². The van der Waals surface area contributed by atoms with E-state index in [0.29, 0.717) is 0 Å². The van der Waals surface area contributed by atoms with Gasteiger partial charge < -0.3 is 15.4 Å². The maximum Gasteiger partial charge on any atom is 0.119 e. The first-order valence-electron chi connectivity index (χ1n) is 9.66. The Kier molecular flexibility index (Phi) is 9.19. The molecule has 0 atom stereocenters. The largest absolute Gasteiger partial charge is 0.494 e. The molecule has 0 spiro atoms. The molecule has 26 heavy (non-hydrogen) atoms. The molecular formula is C22H31ClN2O. The molecule has 0 radical (unpaired) electrons. The second-order valence-electron chi connectivity index (χ2n) is 6.60. The van der Waals surface area contributed by atoms with Crippen LogP contribution in [-0.2, 0) is 0 Å². The van der Waals surface area contributed by atoms with Crippen LogP contribution in [0.2, 0.25) is 5.02 Å². The van der Waals surface area contributed by atoms with Crippen molar-refractivity contribution in [1.82, 2.24) is 0 Å². The monoisotopic (exact) mass is 374 g/mol. The van der Waals surface area contributed by atoms with Crippen molar-refractivity contribution in [2.24, 2.45) is 0 Å². The summed E-state index contributed by atoms with van der Waals surface area (Å²) < 4.78 is 5.79. The average Bonchev–Trinajstić information content (AvgIpc) is 2.65. The third-order valence-corrected chi connectivity index (χ3v) is 4.73. The topological polar surface area (TPSA) is 33.3 Å². The molecule has 0 aliphatic carbocycles. The maximum absolute atomic E-state index is 6.14. The van der Waals surface area contributed by atoms with Crippen LogP contribution in [0.15, 0.2) is 42.5 Å². The van der Waals surface area contributed by atoms with E-state index in [9.17, 15) is 0 Å². The molecule has 142 valence electrons. The number of ether oxygens (including phenoxy) is 1. The van der Waals surface area contributed by atoms with Crippen molar-refractivity contribution in [2.45, 2.75) is 46.0 Å². The highest BCUT2D eigenvalue weighted by atomic mass is 35.5. The second kappa shape index (κ2) is 11.7. The van der Waals surface area contributed by atoms with E-state index in [2.05, 4.69) is 35.8 Å². The predicted octanol–water partition coefficient (Wildman–Crippen LogP) is 6.52. The van der Waals surface area contributed by atoms with Crippen LogP contribution < -0.4 is 15.4 Å². The van der Waals surface area contributed by atoms with E-state index in [4.69, 9.17) is 16.3 Å². The fourth-order valence-electron chi connectivity index (χ4n) is 2.68. The van der Waals surface area contributed by atoms with Gasteiger partial charge in [-0.05, 0) is 55.3 Å². The van der Waals surface area contributed by atoms with Gasteiger partial charge in [0.1, 0.15) is 5.75 Å². The molecule has 2 rings (SSSR count). The Bertz CT molecular complexity index is 643. The number of hydrogen-bond acceptors (Lipinski definition) is 3. The molecule has 0 unspecified atom stereocenters. The fraction of sp³-hybridized carbons (Fsp3) is 0.455. The number of unbranched alkanes of at least 4 members (excludes halogenated alkanes) is 4. The van der Waals surface area contributed by atoms with Crippen LogP contribution in [0, 0.1) is 6.92 Å². The fourth-order valence-corrected chi connectivity index (χ4v) is 2.86. The highest BCUT2D eigenvalue weighted by Crippen LogP contribution is 2.20. The summed E-state index contributed by atoms with van der Waals surface area (Å²) in [5, 5.41) is 7.57. The Morgan fingerprint density at radius 3 is 2.19 bits per heavy atom. The van der Waals surface area contributed by atoms with E-state index < -0.39 is 0 Å². The van der Waals surface area contributed by atoms with Gasteiger partial charge in [-0.3, -0.25) is 0 Å². The minimum atomic E-state index is 0.795. The van der Waals surface area contributed by atoms with Gasteiger partial charge in [-0.15, -0.1) is 0 Å². The molecule has 0 amide bonds. The number of aryl methyl sites for hydroxylation is 1. The van der Waals surface area contributed by atoms with Crippen molar-refractivity contribution in [1.29, 1.82) is 0 Å². The summed E-state index contributed by atoms with van der Waals surface area (Å²) >= 11 is 6.14. The minimum absolute atomic E-state index is 0.795. The number of rotatable bonds is 12. The van der Waals surface area contributed by atoms with Crippen molar-refractivity contribution in [3.63, 3.8) is 0 Å². The molecule has 4 heteroatoms. The van der Waals surface area contributed by atoms with E-state index in [1.54, 1.807) is 0 Å². The highest BCUT2D eigenvalue weighted by Gasteiger charge is 1.98. The molecule has 3 nitrogen and oxygen atoms in total. The van der Waals surface area contributed by atoms with Crippen LogP contribution in [-0.4, -0.2) is 19.7 Å². The van der Waals surface area contributed by atoms with Gasteiger partial charge in [-0.2, -0.15) is 0 Å². The highest BCUT2D eigenvalue weighted by molar-refractivity contribution is 6.31. The molecule has 2 aromatic carbocycles. The van der Waals surface area contributed by atoms with Gasteiger partial charge in [0.15, 0.2) is 0 Å². The second-order valence-corrected chi connectivity index (χ2v) is 7.01. The molecule has 0 saturated carbocycles. The van der Waals surface area contributed by atoms with E-state index in [0.717, 1.165) is 53.8 Å². The quantitative estimate of drug-likeness (QED) is 0.415. The third kappa shape index (κ3) is 7.57. The van der Waals surface area contributed by atoms with Crippen molar-refractivity contribution in [3.05, 3.63) is 53.1 Å². The molecule has 0 bridgehead atoms. The van der Waals surface area contributed by atoms with E-state index >= 15 is 0 Å². The number of anilines is 2. The predicted molar refractivity (Wildman–Crippen MR) is 114 cm³/mol. The zero-order valence-corrected chi connectivity index (χ0v) is 16.7. The molecule has 0 aliphatic heterocycles. The first-order valence-corrected chi connectivity index (χ1v) is 10.0.